The molecule has 8 aromatic carbocycles. The molecule has 0 spiro atoms. The van der Waals surface area contributed by atoms with Gasteiger partial charge in [0.1, 0.15) is 32.3 Å². The Hall–Kier alpha value is -6.76. The summed E-state index contributed by atoms with van der Waals surface area (Å²) in [7, 11) is 0. The van der Waals surface area contributed by atoms with Crippen molar-refractivity contribution >= 4 is 93.8 Å². The van der Waals surface area contributed by atoms with Crippen LogP contribution in [0, 0.1) is 0 Å². The van der Waals surface area contributed by atoms with Crippen LogP contribution in [-0.2, 0) is 0 Å². The highest BCUT2D eigenvalue weighted by Gasteiger charge is 2.18. The third-order valence-corrected chi connectivity index (χ3v) is 11.0. The van der Waals surface area contributed by atoms with Crippen molar-refractivity contribution in [2.45, 2.75) is 0 Å². The Labute approximate surface area is 301 Å². The molecule has 0 atom stereocenters. The van der Waals surface area contributed by atoms with Crippen molar-refractivity contribution in [3.8, 4) is 21.1 Å². The number of nitrogens with zero attached hydrogens (tertiary/aromatic N) is 3. The van der Waals surface area contributed by atoms with Gasteiger partial charge >= 0.3 is 0 Å². The summed E-state index contributed by atoms with van der Waals surface area (Å²) in [6, 6.07) is 57.2. The number of furan rings is 2. The minimum atomic E-state index is 0.887. The first-order chi connectivity index (χ1) is 25.7. The van der Waals surface area contributed by atoms with Crippen LogP contribution in [0.4, 0.5) is 17.1 Å². The third-order valence-electron chi connectivity index (χ3n) is 10.0. The van der Waals surface area contributed by atoms with Gasteiger partial charge < -0.3 is 13.7 Å². The molecule has 6 heteroatoms. The molecule has 244 valence electrons. The topological polar surface area (TPSA) is 55.3 Å². The monoisotopic (exact) mass is 685 g/mol. The molecule has 0 fully saturated rings. The Morgan fingerprint density at radius 2 is 0.846 bits per heavy atom. The summed E-state index contributed by atoms with van der Waals surface area (Å²) < 4.78 is 12.8. The van der Waals surface area contributed by atoms with Crippen molar-refractivity contribution in [2.75, 3.05) is 4.90 Å². The third kappa shape index (κ3) is 4.55. The molecule has 0 amide bonds. The van der Waals surface area contributed by atoms with Crippen LogP contribution < -0.4 is 4.90 Å². The Morgan fingerprint density at radius 1 is 0.385 bits per heavy atom. The number of fused-ring (bicyclic) bond motifs is 10. The van der Waals surface area contributed by atoms with Gasteiger partial charge in [-0.2, -0.15) is 0 Å². The molecule has 0 saturated carbocycles. The van der Waals surface area contributed by atoms with Crippen LogP contribution in [-0.4, -0.2) is 10.2 Å². The summed E-state index contributed by atoms with van der Waals surface area (Å²) in [5, 5.41) is 19.7. The molecule has 0 saturated heterocycles. The van der Waals surface area contributed by atoms with E-state index in [-0.39, 0.29) is 0 Å². The first-order valence-corrected chi connectivity index (χ1v) is 18.0. The van der Waals surface area contributed by atoms with Crippen LogP contribution in [0.1, 0.15) is 0 Å². The van der Waals surface area contributed by atoms with Crippen LogP contribution in [0.5, 0.6) is 0 Å². The second-order valence-corrected chi connectivity index (χ2v) is 14.0. The Bertz CT molecular complexity index is 2990. The molecule has 0 aliphatic heterocycles. The molecule has 52 heavy (non-hydrogen) atoms. The van der Waals surface area contributed by atoms with E-state index < -0.39 is 0 Å². The van der Waals surface area contributed by atoms with E-state index in [0.29, 0.717) is 0 Å². The van der Waals surface area contributed by atoms with E-state index in [9.17, 15) is 0 Å². The summed E-state index contributed by atoms with van der Waals surface area (Å²) in [5.41, 5.74) is 8.84. The van der Waals surface area contributed by atoms with Crippen LogP contribution in [0.2, 0.25) is 0 Å². The maximum Gasteiger partial charge on any atom is 0.148 e. The molecule has 5 nitrogen and oxygen atoms in total. The average Bonchev–Trinajstić information content (AvgIpc) is 3.95. The fraction of sp³-hybridized carbons (Fsp3) is 0. The predicted octanol–water partition coefficient (Wildman–Crippen LogP) is 13.4. The fourth-order valence-electron chi connectivity index (χ4n) is 7.51. The van der Waals surface area contributed by atoms with E-state index in [1.54, 1.807) is 11.3 Å². The number of aromatic nitrogens is 2. The van der Waals surface area contributed by atoms with Crippen molar-refractivity contribution in [1.29, 1.82) is 0 Å². The minimum Gasteiger partial charge on any atom is -0.455 e. The first-order valence-electron chi connectivity index (χ1n) is 17.2. The van der Waals surface area contributed by atoms with E-state index in [1.165, 1.54) is 0 Å². The van der Waals surface area contributed by atoms with Crippen molar-refractivity contribution in [1.82, 2.24) is 10.2 Å². The zero-order valence-corrected chi connectivity index (χ0v) is 28.5. The first kappa shape index (κ1) is 29.0. The second kappa shape index (κ2) is 11.4. The molecule has 0 aliphatic carbocycles. The standard InChI is InChI=1S/C46H27N3O2S/c1-2-8-28(9-3-1)45-47-48-46(52-45)29-14-18-32(19-15-29)49(33-20-24-35-30(26-33)16-22-39-37-10-4-6-12-41(37)50-43(35)39)34-21-25-36-31(27-34)17-23-40-38-11-5-7-13-42(38)51-44(36)40/h1-27H. The lowest BCUT2D eigenvalue weighted by atomic mass is 10.0. The predicted molar refractivity (Wildman–Crippen MR) is 215 cm³/mol. The highest BCUT2D eigenvalue weighted by atomic mass is 32.1. The highest BCUT2D eigenvalue weighted by Crippen LogP contribution is 2.42. The SMILES string of the molecule is c1ccc(-c2nnc(-c3ccc(N(c4ccc5c(ccc6c7ccccc7oc56)c4)c4ccc5c(ccc6c7ccccc7oc56)c4)cc3)s2)cc1. The summed E-state index contributed by atoms with van der Waals surface area (Å²) in [4.78, 5) is 2.31. The largest absolute Gasteiger partial charge is 0.455 e. The molecular weight excluding hydrogens is 659 g/mol. The normalized spacial score (nSPS) is 11.8. The number of hydrogen-bond donors (Lipinski definition) is 0. The van der Waals surface area contributed by atoms with Crippen molar-refractivity contribution in [2.24, 2.45) is 0 Å². The van der Waals surface area contributed by atoms with E-state index in [4.69, 9.17) is 8.83 Å². The highest BCUT2D eigenvalue weighted by molar-refractivity contribution is 7.17. The number of para-hydroxylation sites is 2. The smallest absolute Gasteiger partial charge is 0.148 e. The molecule has 0 bridgehead atoms. The van der Waals surface area contributed by atoms with Gasteiger partial charge in [0.15, 0.2) is 0 Å². The number of benzene rings is 8. The quantitative estimate of drug-likeness (QED) is 0.180. The molecule has 0 radical (unpaired) electrons. The molecule has 0 N–H and O–H groups in total. The summed E-state index contributed by atoms with van der Waals surface area (Å²) in [6.07, 6.45) is 0. The zero-order valence-electron chi connectivity index (χ0n) is 27.7. The molecular formula is C46H27N3O2S. The molecule has 0 aliphatic rings. The van der Waals surface area contributed by atoms with Gasteiger partial charge in [-0.1, -0.05) is 90.2 Å². The lowest BCUT2D eigenvalue weighted by Gasteiger charge is -2.26. The van der Waals surface area contributed by atoms with Gasteiger partial charge in [0, 0.05) is 60.5 Å². The Morgan fingerprint density at radius 3 is 1.40 bits per heavy atom. The molecule has 0 unspecified atom stereocenters. The van der Waals surface area contributed by atoms with Gasteiger partial charge in [-0.15, -0.1) is 10.2 Å². The van der Waals surface area contributed by atoms with Crippen LogP contribution >= 0.6 is 11.3 Å². The molecule has 3 aromatic heterocycles. The molecule has 11 rings (SSSR count). The number of hydrogen-bond acceptors (Lipinski definition) is 6. The van der Waals surface area contributed by atoms with Gasteiger partial charge in [-0.3, -0.25) is 0 Å². The van der Waals surface area contributed by atoms with E-state index in [1.807, 2.05) is 42.5 Å². The number of anilines is 3. The van der Waals surface area contributed by atoms with E-state index >= 15 is 0 Å². The molecule has 3 heterocycles. The van der Waals surface area contributed by atoms with Gasteiger partial charge in [-0.05, 0) is 95.7 Å². The zero-order chi connectivity index (χ0) is 34.2. The average molecular weight is 686 g/mol. The number of rotatable bonds is 5. The fourth-order valence-corrected chi connectivity index (χ4v) is 8.37. The van der Waals surface area contributed by atoms with Gasteiger partial charge in [0.05, 0.1) is 0 Å². The minimum absolute atomic E-state index is 0.887. The van der Waals surface area contributed by atoms with Crippen molar-refractivity contribution in [3.05, 3.63) is 164 Å². The van der Waals surface area contributed by atoms with E-state index in [0.717, 1.165) is 104 Å². The lowest BCUT2D eigenvalue weighted by Crippen LogP contribution is -2.10. The summed E-state index contributed by atoms with van der Waals surface area (Å²) in [6.45, 7) is 0. The van der Waals surface area contributed by atoms with Crippen LogP contribution in [0.15, 0.2) is 173 Å². The van der Waals surface area contributed by atoms with E-state index in [2.05, 4.69) is 136 Å². The summed E-state index contributed by atoms with van der Waals surface area (Å²) >= 11 is 1.60. The van der Waals surface area contributed by atoms with Gasteiger partial charge in [-0.25, -0.2) is 0 Å². The maximum absolute atomic E-state index is 6.39. The van der Waals surface area contributed by atoms with Crippen molar-refractivity contribution in [3.63, 3.8) is 0 Å². The second-order valence-electron chi connectivity index (χ2n) is 13.1. The lowest BCUT2D eigenvalue weighted by molar-refractivity contribution is 0.672. The van der Waals surface area contributed by atoms with Gasteiger partial charge in [0.25, 0.3) is 0 Å². The summed E-state index contributed by atoms with van der Waals surface area (Å²) in [5.74, 6) is 0. The maximum atomic E-state index is 6.39. The molecule has 11 aromatic rings. The van der Waals surface area contributed by atoms with Crippen LogP contribution in [0.3, 0.4) is 0 Å². The van der Waals surface area contributed by atoms with Crippen LogP contribution in [0.25, 0.3) is 86.6 Å². The van der Waals surface area contributed by atoms with Crippen molar-refractivity contribution < 1.29 is 8.83 Å². The Kier molecular flexibility index (Phi) is 6.35. The Balaban J connectivity index is 1.05. The van der Waals surface area contributed by atoms with Gasteiger partial charge in [0.2, 0.25) is 0 Å².